The fourth-order valence-electron chi connectivity index (χ4n) is 2.08. The molecule has 0 saturated carbocycles. The van der Waals surface area contributed by atoms with Crippen LogP contribution in [0.5, 0.6) is 0 Å². The topological polar surface area (TPSA) is 92.5 Å². The summed E-state index contributed by atoms with van der Waals surface area (Å²) in [5.41, 5.74) is 5.59. The number of hydrogen-bond acceptors (Lipinski definition) is 4. The maximum atomic E-state index is 11.7. The molecular formula is C13H23N3O3. The molecule has 0 spiro atoms. The van der Waals surface area contributed by atoms with E-state index in [9.17, 15) is 14.4 Å². The summed E-state index contributed by atoms with van der Waals surface area (Å²) in [7, 11) is 0. The molecule has 1 saturated heterocycles. The molecule has 1 aliphatic rings. The summed E-state index contributed by atoms with van der Waals surface area (Å²) in [4.78, 5) is 35.6. The van der Waals surface area contributed by atoms with Crippen LogP contribution in [0, 0.1) is 0 Å². The lowest BCUT2D eigenvalue weighted by molar-refractivity contribution is -0.138. The number of amides is 3. The van der Waals surface area contributed by atoms with Gasteiger partial charge < -0.3 is 11.1 Å². The van der Waals surface area contributed by atoms with Crippen LogP contribution in [0.2, 0.25) is 0 Å². The van der Waals surface area contributed by atoms with E-state index in [0.29, 0.717) is 6.54 Å². The van der Waals surface area contributed by atoms with Crippen molar-refractivity contribution in [3.8, 4) is 0 Å². The van der Waals surface area contributed by atoms with Gasteiger partial charge in [-0.05, 0) is 6.42 Å². The fourth-order valence-corrected chi connectivity index (χ4v) is 2.08. The molecule has 0 aromatic carbocycles. The Bertz CT molecular complexity index is 328. The van der Waals surface area contributed by atoms with Gasteiger partial charge in [-0.3, -0.25) is 19.3 Å². The highest BCUT2D eigenvalue weighted by atomic mass is 16.2. The highest BCUT2D eigenvalue weighted by Crippen LogP contribution is 2.11. The van der Waals surface area contributed by atoms with E-state index >= 15 is 0 Å². The molecule has 0 radical (unpaired) electrons. The molecule has 1 rings (SSSR count). The number of rotatable bonds is 8. The second kappa shape index (κ2) is 7.89. The Morgan fingerprint density at radius 1 is 1.37 bits per heavy atom. The van der Waals surface area contributed by atoms with Gasteiger partial charge in [-0.1, -0.05) is 19.8 Å². The monoisotopic (exact) mass is 269 g/mol. The Morgan fingerprint density at radius 2 is 2.00 bits per heavy atom. The molecule has 19 heavy (non-hydrogen) atoms. The van der Waals surface area contributed by atoms with E-state index in [0.717, 1.165) is 19.3 Å². The summed E-state index contributed by atoms with van der Waals surface area (Å²) in [6.07, 6.45) is 3.62. The molecule has 1 fully saturated rings. The van der Waals surface area contributed by atoms with Crippen LogP contribution in [0.3, 0.4) is 0 Å². The molecule has 108 valence electrons. The fraction of sp³-hybridized carbons (Fsp3) is 0.769. The first-order chi connectivity index (χ1) is 9.08. The van der Waals surface area contributed by atoms with Gasteiger partial charge in [-0.15, -0.1) is 0 Å². The lowest BCUT2D eigenvalue weighted by Gasteiger charge is -2.18. The zero-order valence-electron chi connectivity index (χ0n) is 11.5. The van der Waals surface area contributed by atoms with E-state index in [1.54, 1.807) is 0 Å². The number of hydrogen-bond donors (Lipinski definition) is 2. The number of unbranched alkanes of at least 4 members (excludes halogenated alkanes) is 1. The number of likely N-dealkylation sites (tertiary alicyclic amines) is 1. The minimum atomic E-state index is -0.181. The first kappa shape index (κ1) is 15.6. The van der Waals surface area contributed by atoms with Gasteiger partial charge in [0.25, 0.3) is 0 Å². The van der Waals surface area contributed by atoms with Gasteiger partial charge in [0.2, 0.25) is 17.7 Å². The summed E-state index contributed by atoms with van der Waals surface area (Å²) < 4.78 is 0. The number of nitrogens with zero attached hydrogens (tertiary/aromatic N) is 1. The standard InChI is InChI=1S/C13H23N3O3/c1-2-3-4-10(9-14)15-11(17)7-8-16-12(18)5-6-13(16)19/h10H,2-9,14H2,1H3,(H,15,17). The van der Waals surface area contributed by atoms with Gasteiger partial charge in [-0.2, -0.15) is 0 Å². The van der Waals surface area contributed by atoms with Crippen molar-refractivity contribution >= 4 is 17.7 Å². The number of carbonyl (C=O) groups excluding carboxylic acids is 3. The minimum absolute atomic E-state index is 0.0163. The predicted octanol–water partition coefficient (Wildman–Crippen LogP) is 0.159. The number of nitrogens with two attached hydrogens (primary N) is 1. The van der Waals surface area contributed by atoms with Crippen molar-refractivity contribution in [3.63, 3.8) is 0 Å². The second-order valence-electron chi connectivity index (χ2n) is 4.83. The van der Waals surface area contributed by atoms with Gasteiger partial charge in [-0.25, -0.2) is 0 Å². The van der Waals surface area contributed by atoms with Crippen LogP contribution in [0.15, 0.2) is 0 Å². The third-order valence-corrected chi connectivity index (χ3v) is 3.27. The Balaban J connectivity index is 2.30. The predicted molar refractivity (Wildman–Crippen MR) is 71.1 cm³/mol. The lowest BCUT2D eigenvalue weighted by Crippen LogP contribution is -2.42. The third kappa shape index (κ3) is 4.98. The molecule has 1 atom stereocenters. The molecule has 0 aliphatic carbocycles. The molecule has 1 aliphatic heterocycles. The Morgan fingerprint density at radius 3 is 2.53 bits per heavy atom. The molecule has 3 N–H and O–H groups in total. The van der Waals surface area contributed by atoms with Crippen molar-refractivity contribution in [2.75, 3.05) is 13.1 Å². The van der Waals surface area contributed by atoms with Crippen LogP contribution < -0.4 is 11.1 Å². The van der Waals surface area contributed by atoms with Crippen LogP contribution in [0.1, 0.15) is 45.4 Å². The molecule has 0 aromatic rings. The van der Waals surface area contributed by atoms with E-state index in [1.165, 1.54) is 4.90 Å². The normalized spacial score (nSPS) is 16.8. The summed E-state index contributed by atoms with van der Waals surface area (Å²) in [6.45, 7) is 2.67. The molecule has 1 unspecified atom stereocenters. The summed E-state index contributed by atoms with van der Waals surface area (Å²) in [6, 6.07) is -0.0163. The van der Waals surface area contributed by atoms with Gasteiger partial charge in [0.1, 0.15) is 0 Å². The summed E-state index contributed by atoms with van der Waals surface area (Å²) in [5.74, 6) is -0.516. The minimum Gasteiger partial charge on any atom is -0.352 e. The van der Waals surface area contributed by atoms with Crippen LogP contribution in [-0.2, 0) is 14.4 Å². The molecule has 6 nitrogen and oxygen atoms in total. The summed E-state index contributed by atoms with van der Waals surface area (Å²) in [5, 5.41) is 2.84. The Labute approximate surface area is 113 Å². The quantitative estimate of drug-likeness (QED) is 0.614. The second-order valence-corrected chi connectivity index (χ2v) is 4.83. The lowest BCUT2D eigenvalue weighted by atomic mass is 10.1. The van der Waals surface area contributed by atoms with Gasteiger partial charge in [0, 0.05) is 38.4 Å². The van der Waals surface area contributed by atoms with E-state index in [1.807, 2.05) is 0 Å². The van der Waals surface area contributed by atoms with Crippen molar-refractivity contribution in [3.05, 3.63) is 0 Å². The first-order valence-electron chi connectivity index (χ1n) is 6.91. The SMILES string of the molecule is CCCCC(CN)NC(=O)CCN1C(=O)CCC1=O. The van der Waals surface area contributed by atoms with Crippen LogP contribution >= 0.6 is 0 Å². The molecule has 1 heterocycles. The van der Waals surface area contributed by atoms with Crippen molar-refractivity contribution in [2.45, 2.75) is 51.5 Å². The zero-order chi connectivity index (χ0) is 14.3. The maximum absolute atomic E-state index is 11.7. The highest BCUT2D eigenvalue weighted by molar-refractivity contribution is 6.02. The smallest absolute Gasteiger partial charge is 0.229 e. The average Bonchev–Trinajstić information content (AvgIpc) is 2.71. The van der Waals surface area contributed by atoms with Crippen molar-refractivity contribution in [1.82, 2.24) is 10.2 Å². The van der Waals surface area contributed by atoms with E-state index < -0.39 is 0 Å². The Hall–Kier alpha value is -1.43. The average molecular weight is 269 g/mol. The first-order valence-corrected chi connectivity index (χ1v) is 6.91. The zero-order valence-corrected chi connectivity index (χ0v) is 11.5. The third-order valence-electron chi connectivity index (χ3n) is 3.27. The molecule has 3 amide bonds. The van der Waals surface area contributed by atoms with Gasteiger partial charge in [0.15, 0.2) is 0 Å². The van der Waals surface area contributed by atoms with E-state index in [4.69, 9.17) is 5.73 Å². The van der Waals surface area contributed by atoms with Crippen LogP contribution in [0.4, 0.5) is 0 Å². The molecular weight excluding hydrogens is 246 g/mol. The number of nitrogens with one attached hydrogen (secondary N) is 1. The van der Waals surface area contributed by atoms with Crippen molar-refractivity contribution < 1.29 is 14.4 Å². The molecule has 6 heteroatoms. The highest BCUT2D eigenvalue weighted by Gasteiger charge is 2.28. The van der Waals surface area contributed by atoms with E-state index in [-0.39, 0.29) is 49.6 Å². The van der Waals surface area contributed by atoms with Gasteiger partial charge in [0.05, 0.1) is 0 Å². The molecule has 0 aromatic heterocycles. The van der Waals surface area contributed by atoms with Crippen molar-refractivity contribution in [2.24, 2.45) is 5.73 Å². The number of imide groups is 1. The maximum Gasteiger partial charge on any atom is 0.229 e. The summed E-state index contributed by atoms with van der Waals surface area (Å²) >= 11 is 0. The van der Waals surface area contributed by atoms with E-state index in [2.05, 4.69) is 12.2 Å². The van der Waals surface area contributed by atoms with Crippen LogP contribution in [-0.4, -0.2) is 41.8 Å². The van der Waals surface area contributed by atoms with Crippen molar-refractivity contribution in [1.29, 1.82) is 0 Å². The van der Waals surface area contributed by atoms with Gasteiger partial charge >= 0.3 is 0 Å². The number of carbonyl (C=O) groups is 3. The Kier molecular flexibility index (Phi) is 6.49. The molecule has 0 bridgehead atoms. The van der Waals surface area contributed by atoms with Crippen LogP contribution in [0.25, 0.3) is 0 Å². The largest absolute Gasteiger partial charge is 0.352 e.